The van der Waals surface area contributed by atoms with Crippen molar-refractivity contribution in [3.05, 3.63) is 83.8 Å². The van der Waals surface area contributed by atoms with Gasteiger partial charge in [0.1, 0.15) is 5.76 Å². The van der Waals surface area contributed by atoms with E-state index in [-0.39, 0.29) is 22.9 Å². The van der Waals surface area contributed by atoms with Crippen LogP contribution in [0.25, 0.3) is 0 Å². The third-order valence-electron chi connectivity index (χ3n) is 4.92. The fourth-order valence-corrected chi connectivity index (χ4v) is 4.31. The summed E-state index contributed by atoms with van der Waals surface area (Å²) in [6, 6.07) is 16.8. The first-order chi connectivity index (χ1) is 14.8. The summed E-state index contributed by atoms with van der Waals surface area (Å²) in [5, 5.41) is 0. The maximum Gasteiger partial charge on any atom is 0.264 e. The molecule has 1 heterocycles. The van der Waals surface area contributed by atoms with Gasteiger partial charge in [0, 0.05) is 26.3 Å². The Kier molecular flexibility index (Phi) is 7.14. The molecule has 8 heteroatoms. The van der Waals surface area contributed by atoms with Crippen LogP contribution in [-0.2, 0) is 21.3 Å². The van der Waals surface area contributed by atoms with E-state index >= 15 is 0 Å². The van der Waals surface area contributed by atoms with Crippen molar-refractivity contribution in [2.45, 2.75) is 18.4 Å². The summed E-state index contributed by atoms with van der Waals surface area (Å²) in [5.41, 5.74) is 1.86. The molecule has 0 unspecified atom stereocenters. The smallest absolute Gasteiger partial charge is 0.264 e. The number of sulfonamides is 1. The number of carbonyl (C=O) groups excluding carboxylic acids is 1. The van der Waals surface area contributed by atoms with E-state index in [0.717, 1.165) is 5.56 Å². The molecule has 0 radical (unpaired) electrons. The van der Waals surface area contributed by atoms with Crippen LogP contribution in [-0.4, -0.2) is 46.5 Å². The molecule has 1 aromatic heterocycles. The monoisotopic (exact) mass is 442 g/mol. The van der Waals surface area contributed by atoms with Crippen molar-refractivity contribution in [2.24, 2.45) is 0 Å². The average Bonchev–Trinajstić information content (AvgIpc) is 3.29. The molecule has 3 rings (SSSR count). The van der Waals surface area contributed by atoms with Crippen LogP contribution in [0.15, 0.2) is 76.2 Å². The highest BCUT2D eigenvalue weighted by atomic mass is 32.2. The molecular weight excluding hydrogens is 416 g/mol. The molecule has 0 saturated heterocycles. The topological polar surface area (TPSA) is 80.1 Å². The molecule has 2 aromatic carbocycles. The Morgan fingerprint density at radius 2 is 1.81 bits per heavy atom. The number of carbonyl (C=O) groups is 1. The van der Waals surface area contributed by atoms with E-state index in [1.54, 1.807) is 54.7 Å². The van der Waals surface area contributed by atoms with E-state index in [4.69, 9.17) is 9.15 Å². The van der Waals surface area contributed by atoms with E-state index < -0.39 is 10.0 Å². The zero-order valence-corrected chi connectivity index (χ0v) is 18.6. The molecule has 0 aliphatic heterocycles. The van der Waals surface area contributed by atoms with E-state index in [2.05, 4.69) is 0 Å². The van der Waals surface area contributed by atoms with E-state index in [1.807, 2.05) is 19.1 Å². The molecular formula is C23H26N2O5S. The fraction of sp³-hybridized carbons (Fsp3) is 0.261. The first kappa shape index (κ1) is 22.6. The van der Waals surface area contributed by atoms with Crippen molar-refractivity contribution in [2.75, 3.05) is 31.6 Å². The van der Waals surface area contributed by atoms with Crippen LogP contribution in [0.4, 0.5) is 5.69 Å². The number of benzene rings is 2. The Bertz CT molecular complexity index is 1110. The summed E-state index contributed by atoms with van der Waals surface area (Å²) >= 11 is 0. The maximum atomic E-state index is 13.2. The normalized spacial score (nSPS) is 11.3. The molecule has 0 aliphatic carbocycles. The first-order valence-corrected chi connectivity index (χ1v) is 11.2. The number of anilines is 1. The van der Waals surface area contributed by atoms with Crippen LogP contribution in [0, 0.1) is 6.92 Å². The van der Waals surface area contributed by atoms with Gasteiger partial charge >= 0.3 is 0 Å². The second-order valence-corrected chi connectivity index (χ2v) is 9.10. The van der Waals surface area contributed by atoms with Gasteiger partial charge in [0.25, 0.3) is 15.9 Å². The largest absolute Gasteiger partial charge is 0.467 e. The van der Waals surface area contributed by atoms with Gasteiger partial charge in [0.15, 0.2) is 0 Å². The van der Waals surface area contributed by atoms with Gasteiger partial charge in [0.2, 0.25) is 0 Å². The van der Waals surface area contributed by atoms with Gasteiger partial charge in [0.05, 0.1) is 30.0 Å². The Labute approximate surface area is 182 Å². The van der Waals surface area contributed by atoms with Crippen LogP contribution in [0.1, 0.15) is 21.7 Å². The van der Waals surface area contributed by atoms with Gasteiger partial charge in [-0.2, -0.15) is 0 Å². The highest BCUT2D eigenvalue weighted by molar-refractivity contribution is 7.92. The zero-order chi connectivity index (χ0) is 22.4. The van der Waals surface area contributed by atoms with Gasteiger partial charge in [-0.25, -0.2) is 8.42 Å². The number of aryl methyl sites for hydroxylation is 1. The molecule has 0 saturated carbocycles. The number of hydrogen-bond acceptors (Lipinski definition) is 5. The van der Waals surface area contributed by atoms with Crippen LogP contribution in [0.5, 0.6) is 0 Å². The number of methoxy groups -OCH3 is 1. The third kappa shape index (κ3) is 5.34. The minimum absolute atomic E-state index is 0.0473. The Hall–Kier alpha value is -3.10. The summed E-state index contributed by atoms with van der Waals surface area (Å²) in [6.07, 6.45) is 1.54. The highest BCUT2D eigenvalue weighted by Gasteiger charge is 2.24. The summed E-state index contributed by atoms with van der Waals surface area (Å²) in [6.45, 7) is 2.89. The van der Waals surface area contributed by atoms with Gasteiger partial charge < -0.3 is 14.1 Å². The summed E-state index contributed by atoms with van der Waals surface area (Å²) in [7, 11) is -0.779. The Balaban J connectivity index is 1.87. The predicted molar refractivity (Wildman–Crippen MR) is 119 cm³/mol. The molecule has 164 valence electrons. The predicted octanol–water partition coefficient (Wildman–Crippen LogP) is 3.70. The van der Waals surface area contributed by atoms with E-state index in [0.29, 0.717) is 24.6 Å². The molecule has 0 aliphatic rings. The molecule has 31 heavy (non-hydrogen) atoms. The Morgan fingerprint density at radius 3 is 2.45 bits per heavy atom. The van der Waals surface area contributed by atoms with Crippen LogP contribution >= 0.6 is 0 Å². The van der Waals surface area contributed by atoms with Crippen LogP contribution in [0.2, 0.25) is 0 Å². The molecule has 0 N–H and O–H groups in total. The molecule has 3 aromatic rings. The lowest BCUT2D eigenvalue weighted by Crippen LogP contribution is -2.33. The standard InChI is InChI=1S/C23H26N2O5S/c1-18-9-11-20(12-10-18)24(2)31(27,28)22-8-4-6-19(16-22)23(26)25(13-15-29-3)17-21-7-5-14-30-21/h4-12,14,16H,13,15,17H2,1-3H3. The van der Waals surface area contributed by atoms with Gasteiger partial charge in [-0.15, -0.1) is 0 Å². The van der Waals surface area contributed by atoms with E-state index in [1.165, 1.54) is 23.5 Å². The van der Waals surface area contributed by atoms with Gasteiger partial charge in [-0.1, -0.05) is 23.8 Å². The van der Waals surface area contributed by atoms with Crippen LogP contribution in [0.3, 0.4) is 0 Å². The quantitative estimate of drug-likeness (QED) is 0.505. The molecule has 0 atom stereocenters. The number of furan rings is 1. The average molecular weight is 443 g/mol. The van der Waals surface area contributed by atoms with Gasteiger partial charge in [-0.05, 0) is 49.4 Å². The van der Waals surface area contributed by atoms with Crippen molar-refractivity contribution in [1.82, 2.24) is 4.90 Å². The lowest BCUT2D eigenvalue weighted by molar-refractivity contribution is 0.0666. The maximum absolute atomic E-state index is 13.2. The second-order valence-electron chi connectivity index (χ2n) is 7.13. The first-order valence-electron chi connectivity index (χ1n) is 9.79. The SMILES string of the molecule is COCCN(Cc1ccco1)C(=O)c1cccc(S(=O)(=O)N(C)c2ccc(C)cc2)c1. The second kappa shape index (κ2) is 9.80. The minimum Gasteiger partial charge on any atom is -0.467 e. The third-order valence-corrected chi connectivity index (χ3v) is 6.70. The number of nitrogens with zero attached hydrogens (tertiary/aromatic N) is 2. The zero-order valence-electron chi connectivity index (χ0n) is 17.8. The molecule has 0 fully saturated rings. The molecule has 7 nitrogen and oxygen atoms in total. The number of amides is 1. The number of hydrogen-bond donors (Lipinski definition) is 0. The highest BCUT2D eigenvalue weighted by Crippen LogP contribution is 2.23. The summed E-state index contributed by atoms with van der Waals surface area (Å²) < 4.78 is 38.0. The van der Waals surface area contributed by atoms with Crippen molar-refractivity contribution >= 4 is 21.6 Å². The fourth-order valence-electron chi connectivity index (χ4n) is 3.07. The van der Waals surface area contributed by atoms with Gasteiger partial charge in [-0.3, -0.25) is 9.10 Å². The molecule has 0 bridgehead atoms. The van der Waals surface area contributed by atoms with Crippen molar-refractivity contribution in [3.63, 3.8) is 0 Å². The number of rotatable bonds is 9. The van der Waals surface area contributed by atoms with Crippen molar-refractivity contribution < 1.29 is 22.4 Å². The lowest BCUT2D eigenvalue weighted by atomic mass is 10.2. The molecule has 1 amide bonds. The lowest BCUT2D eigenvalue weighted by Gasteiger charge is -2.23. The van der Waals surface area contributed by atoms with Crippen molar-refractivity contribution in [3.8, 4) is 0 Å². The minimum atomic E-state index is -3.83. The Morgan fingerprint density at radius 1 is 1.06 bits per heavy atom. The van der Waals surface area contributed by atoms with Crippen molar-refractivity contribution in [1.29, 1.82) is 0 Å². The number of ether oxygens (including phenoxy) is 1. The van der Waals surface area contributed by atoms with Crippen LogP contribution < -0.4 is 4.31 Å². The molecule has 0 spiro atoms. The summed E-state index contributed by atoms with van der Waals surface area (Å²) in [4.78, 5) is 14.8. The summed E-state index contributed by atoms with van der Waals surface area (Å²) in [5.74, 6) is 0.329. The van der Waals surface area contributed by atoms with E-state index in [9.17, 15) is 13.2 Å².